The topological polar surface area (TPSA) is 69.7 Å². The molecular weight excluding hydrogens is 584 g/mol. The predicted molar refractivity (Wildman–Crippen MR) is 200 cm³/mol. The van der Waals surface area contributed by atoms with Crippen LogP contribution in [0.2, 0.25) is 0 Å². The molecule has 0 radical (unpaired) electrons. The minimum absolute atomic E-state index is 0.0751. The van der Waals surface area contributed by atoms with Gasteiger partial charge in [0.15, 0.2) is 0 Å². The van der Waals surface area contributed by atoms with Gasteiger partial charge in [-0.2, -0.15) is 0 Å². The number of carbonyl (C=O) groups is 3. The molecule has 5 nitrogen and oxygen atoms in total. The molecule has 0 rings (SSSR count). The van der Waals surface area contributed by atoms with Crippen molar-refractivity contribution in [3.63, 3.8) is 0 Å². The van der Waals surface area contributed by atoms with Crippen LogP contribution >= 0.6 is 0 Å². The number of ketones is 1. The third-order valence-corrected chi connectivity index (χ3v) is 9.75. The molecule has 0 saturated carbocycles. The van der Waals surface area contributed by atoms with Crippen molar-refractivity contribution in [1.82, 2.24) is 0 Å². The van der Waals surface area contributed by atoms with Crippen molar-refractivity contribution in [3.05, 3.63) is 0 Å². The van der Waals surface area contributed by atoms with Crippen LogP contribution in [-0.4, -0.2) is 30.9 Å². The summed E-state index contributed by atoms with van der Waals surface area (Å²) >= 11 is 0. The third-order valence-electron chi connectivity index (χ3n) is 9.75. The van der Waals surface area contributed by atoms with Crippen LogP contribution in [0, 0.1) is 11.8 Å². The van der Waals surface area contributed by atoms with Gasteiger partial charge in [0.2, 0.25) is 0 Å². The summed E-state index contributed by atoms with van der Waals surface area (Å²) in [5.74, 6) is 1.15. The molecule has 0 spiro atoms. The number of carbonyl (C=O) groups excluding carboxylic acids is 3. The van der Waals surface area contributed by atoms with Crippen molar-refractivity contribution in [1.29, 1.82) is 0 Å². The van der Waals surface area contributed by atoms with Crippen molar-refractivity contribution < 1.29 is 23.9 Å². The molecule has 0 aromatic carbocycles. The maximum Gasteiger partial charge on any atom is 0.305 e. The maximum absolute atomic E-state index is 12.4. The van der Waals surface area contributed by atoms with Crippen molar-refractivity contribution in [2.45, 2.75) is 227 Å². The van der Waals surface area contributed by atoms with Crippen molar-refractivity contribution in [2.24, 2.45) is 11.8 Å². The van der Waals surface area contributed by atoms with E-state index in [4.69, 9.17) is 9.47 Å². The van der Waals surface area contributed by atoms with Gasteiger partial charge in [0.25, 0.3) is 0 Å². The molecule has 1 unspecified atom stereocenters. The third kappa shape index (κ3) is 32.9. The number of hydrogen-bond donors (Lipinski definition) is 0. The molecule has 0 fully saturated rings. The van der Waals surface area contributed by atoms with E-state index in [9.17, 15) is 14.4 Å². The lowest BCUT2D eigenvalue weighted by molar-refractivity contribution is -0.146. The molecule has 5 heteroatoms. The highest BCUT2D eigenvalue weighted by molar-refractivity contribution is 5.78. The second-order valence-corrected chi connectivity index (χ2v) is 14.5. The minimum atomic E-state index is -0.0770. The van der Waals surface area contributed by atoms with Gasteiger partial charge in [-0.3, -0.25) is 14.4 Å². The van der Waals surface area contributed by atoms with Crippen molar-refractivity contribution in [2.75, 3.05) is 13.2 Å². The Morgan fingerprint density at radius 2 is 0.638 bits per heavy atom. The van der Waals surface area contributed by atoms with Crippen LogP contribution in [0.1, 0.15) is 227 Å². The monoisotopic (exact) mass is 665 g/mol. The zero-order valence-corrected chi connectivity index (χ0v) is 32.0. The predicted octanol–water partition coefficient (Wildman–Crippen LogP) is 13.0. The second-order valence-electron chi connectivity index (χ2n) is 14.5. The summed E-state index contributed by atoms with van der Waals surface area (Å²) in [5, 5.41) is 0. The number of esters is 2. The zero-order valence-electron chi connectivity index (χ0n) is 32.0. The van der Waals surface area contributed by atoms with Crippen LogP contribution < -0.4 is 0 Å². The summed E-state index contributed by atoms with van der Waals surface area (Å²) < 4.78 is 11.4. The van der Waals surface area contributed by atoms with Gasteiger partial charge < -0.3 is 9.47 Å². The van der Waals surface area contributed by atoms with Gasteiger partial charge in [0.1, 0.15) is 5.78 Å². The summed E-state index contributed by atoms with van der Waals surface area (Å²) in [4.78, 5) is 37.0. The van der Waals surface area contributed by atoms with E-state index >= 15 is 0 Å². The molecule has 0 amide bonds. The average Bonchev–Trinajstić information content (AvgIpc) is 3.06. The van der Waals surface area contributed by atoms with Crippen molar-refractivity contribution in [3.8, 4) is 0 Å². The van der Waals surface area contributed by atoms with Gasteiger partial charge >= 0.3 is 11.9 Å². The molecular formula is C42H80O5. The SMILES string of the molecule is CCCCCCCC(CCCCCC)COC(=O)CCCCCC(=O)CCCCCC(=O)OCC(CCCCCC)CCCCCC. The Labute approximate surface area is 292 Å². The molecule has 0 heterocycles. The minimum Gasteiger partial charge on any atom is -0.465 e. The highest BCUT2D eigenvalue weighted by atomic mass is 16.5. The summed E-state index contributed by atoms with van der Waals surface area (Å²) in [6.07, 6.45) is 33.5. The first-order chi connectivity index (χ1) is 23.0. The van der Waals surface area contributed by atoms with E-state index in [1.165, 1.54) is 135 Å². The van der Waals surface area contributed by atoms with Crippen molar-refractivity contribution >= 4 is 17.7 Å². The van der Waals surface area contributed by atoms with Crippen LogP contribution in [0.5, 0.6) is 0 Å². The van der Waals surface area contributed by atoms with E-state index in [2.05, 4.69) is 27.7 Å². The van der Waals surface area contributed by atoms with E-state index in [1.54, 1.807) is 0 Å². The highest BCUT2D eigenvalue weighted by Gasteiger charge is 2.14. The quantitative estimate of drug-likeness (QED) is 0.0488. The summed E-state index contributed by atoms with van der Waals surface area (Å²) in [5.41, 5.74) is 0. The van der Waals surface area contributed by atoms with Gasteiger partial charge in [-0.25, -0.2) is 0 Å². The fourth-order valence-electron chi connectivity index (χ4n) is 6.47. The van der Waals surface area contributed by atoms with Gasteiger partial charge in [-0.1, -0.05) is 150 Å². The average molecular weight is 665 g/mol. The van der Waals surface area contributed by atoms with E-state index in [1.807, 2.05) is 0 Å². The Bertz CT molecular complexity index is 693. The molecule has 0 N–H and O–H groups in total. The first-order valence-corrected chi connectivity index (χ1v) is 20.8. The standard InChI is InChI=1S/C42H80O5/c1-5-9-13-17-23-31-39(30-22-16-12-8-4)37-47-42(45)35-27-19-25-33-40(43)32-24-18-26-34-41(44)46-36-38(28-20-14-10-6-2)29-21-15-11-7-3/h38-39H,5-37H2,1-4H3. The molecule has 278 valence electrons. The van der Waals surface area contributed by atoms with Crippen LogP contribution in [0.25, 0.3) is 0 Å². The normalized spacial score (nSPS) is 12.0. The smallest absolute Gasteiger partial charge is 0.305 e. The first kappa shape index (κ1) is 45.6. The Hall–Kier alpha value is -1.39. The molecule has 0 bridgehead atoms. The lowest BCUT2D eigenvalue weighted by Gasteiger charge is -2.17. The Balaban J connectivity index is 3.98. The van der Waals surface area contributed by atoms with Gasteiger partial charge in [0.05, 0.1) is 13.2 Å². The molecule has 47 heavy (non-hydrogen) atoms. The van der Waals surface area contributed by atoms with Crippen LogP contribution in [0.4, 0.5) is 0 Å². The lowest BCUT2D eigenvalue weighted by Crippen LogP contribution is -2.14. The maximum atomic E-state index is 12.4. The number of Topliss-reactive ketones (excluding diaryl/α,β-unsaturated/α-hetero) is 1. The fourth-order valence-corrected chi connectivity index (χ4v) is 6.47. The highest BCUT2D eigenvalue weighted by Crippen LogP contribution is 2.21. The molecule has 0 aromatic rings. The van der Waals surface area contributed by atoms with E-state index < -0.39 is 0 Å². The summed E-state index contributed by atoms with van der Waals surface area (Å²) in [6, 6.07) is 0. The first-order valence-electron chi connectivity index (χ1n) is 20.8. The van der Waals surface area contributed by atoms with Crippen LogP contribution in [-0.2, 0) is 23.9 Å². The molecule has 0 saturated heterocycles. The number of ether oxygens (including phenoxy) is 2. The number of unbranched alkanes of at least 4 members (excludes halogenated alkanes) is 17. The van der Waals surface area contributed by atoms with Crippen LogP contribution in [0.15, 0.2) is 0 Å². The fraction of sp³-hybridized carbons (Fsp3) is 0.929. The Kier molecular flexibility index (Phi) is 34.8. The van der Waals surface area contributed by atoms with Gasteiger partial charge in [0, 0.05) is 25.7 Å². The van der Waals surface area contributed by atoms with E-state index in [0.29, 0.717) is 56.5 Å². The van der Waals surface area contributed by atoms with E-state index in [0.717, 1.165) is 38.5 Å². The number of rotatable bonds is 37. The van der Waals surface area contributed by atoms with Crippen LogP contribution in [0.3, 0.4) is 0 Å². The molecule has 0 aliphatic rings. The van der Waals surface area contributed by atoms with E-state index in [-0.39, 0.29) is 11.9 Å². The van der Waals surface area contributed by atoms with Gasteiger partial charge in [-0.05, 0) is 63.2 Å². The summed E-state index contributed by atoms with van der Waals surface area (Å²) in [7, 11) is 0. The lowest BCUT2D eigenvalue weighted by atomic mass is 9.95. The summed E-state index contributed by atoms with van der Waals surface area (Å²) in [6.45, 7) is 10.1. The zero-order chi connectivity index (χ0) is 34.6. The molecule has 0 aromatic heterocycles. The molecule has 1 atom stereocenters. The molecule has 0 aliphatic heterocycles. The Morgan fingerprint density at radius 3 is 0.979 bits per heavy atom. The Morgan fingerprint density at radius 1 is 0.362 bits per heavy atom. The van der Waals surface area contributed by atoms with Gasteiger partial charge in [-0.15, -0.1) is 0 Å². The number of hydrogen-bond acceptors (Lipinski definition) is 5. The molecule has 0 aliphatic carbocycles. The second kappa shape index (κ2) is 35.9. The largest absolute Gasteiger partial charge is 0.465 e.